The lowest BCUT2D eigenvalue weighted by Gasteiger charge is -2.12. The predicted octanol–water partition coefficient (Wildman–Crippen LogP) is 5.44. The van der Waals surface area contributed by atoms with E-state index >= 15 is 0 Å². The van der Waals surface area contributed by atoms with Gasteiger partial charge < -0.3 is 5.32 Å². The van der Waals surface area contributed by atoms with Crippen molar-refractivity contribution in [2.45, 2.75) is 32.1 Å². The molecule has 0 aromatic heterocycles. The molecular formula is C20H25N. The van der Waals surface area contributed by atoms with Gasteiger partial charge in [-0.15, -0.1) is 6.58 Å². The van der Waals surface area contributed by atoms with E-state index in [4.69, 9.17) is 0 Å². The Bertz CT molecular complexity index is 531. The number of rotatable bonds is 9. The Kier molecular flexibility index (Phi) is 6.60. The molecule has 1 nitrogen and oxygen atoms in total. The van der Waals surface area contributed by atoms with E-state index < -0.39 is 0 Å². The monoisotopic (exact) mass is 279 g/mol. The van der Waals surface area contributed by atoms with Gasteiger partial charge in [-0.2, -0.15) is 0 Å². The standard InChI is InChI=1S/C20H25N/c1-2-3-4-5-11-16-21-20-15-10-9-14-19(20)17-18-12-7-6-8-13-18/h2,6-10,12-15,21H,1,3-5,11,16-17H2. The lowest BCUT2D eigenvalue weighted by molar-refractivity contribution is 0.708. The summed E-state index contributed by atoms with van der Waals surface area (Å²) in [5.74, 6) is 0. The maximum Gasteiger partial charge on any atom is 0.0376 e. The van der Waals surface area contributed by atoms with Crippen molar-refractivity contribution in [2.24, 2.45) is 0 Å². The van der Waals surface area contributed by atoms with Crippen LogP contribution in [-0.2, 0) is 6.42 Å². The van der Waals surface area contributed by atoms with E-state index in [1.807, 2.05) is 6.08 Å². The molecule has 0 saturated carbocycles. The molecule has 2 rings (SSSR count). The van der Waals surface area contributed by atoms with Crippen molar-refractivity contribution in [2.75, 3.05) is 11.9 Å². The summed E-state index contributed by atoms with van der Waals surface area (Å²) in [6.45, 7) is 4.81. The van der Waals surface area contributed by atoms with E-state index in [1.165, 1.54) is 36.1 Å². The van der Waals surface area contributed by atoms with E-state index in [1.54, 1.807) is 0 Å². The first-order valence-electron chi connectivity index (χ1n) is 7.87. The SMILES string of the molecule is C=CCCCCCNc1ccccc1Cc1ccccc1. The number of para-hydroxylation sites is 1. The van der Waals surface area contributed by atoms with Gasteiger partial charge >= 0.3 is 0 Å². The Labute approximate surface area is 128 Å². The molecule has 0 aliphatic rings. The summed E-state index contributed by atoms with van der Waals surface area (Å²) in [5, 5.41) is 3.58. The van der Waals surface area contributed by atoms with E-state index in [9.17, 15) is 0 Å². The molecule has 0 amide bonds. The Balaban J connectivity index is 1.86. The minimum absolute atomic E-state index is 0.987. The third kappa shape index (κ3) is 5.47. The molecule has 0 bridgehead atoms. The van der Waals surface area contributed by atoms with Crippen LogP contribution in [0.1, 0.15) is 36.8 Å². The van der Waals surface area contributed by atoms with Crippen molar-refractivity contribution in [1.82, 2.24) is 0 Å². The van der Waals surface area contributed by atoms with Crippen molar-refractivity contribution in [3.8, 4) is 0 Å². The molecule has 2 aromatic carbocycles. The Morgan fingerprint density at radius 1 is 0.857 bits per heavy atom. The fourth-order valence-corrected chi connectivity index (χ4v) is 2.48. The van der Waals surface area contributed by atoms with Crippen LogP contribution in [-0.4, -0.2) is 6.54 Å². The third-order valence-corrected chi connectivity index (χ3v) is 3.66. The topological polar surface area (TPSA) is 12.0 Å². The smallest absolute Gasteiger partial charge is 0.0376 e. The quantitative estimate of drug-likeness (QED) is 0.476. The maximum absolute atomic E-state index is 3.76. The van der Waals surface area contributed by atoms with Crippen LogP contribution in [0.2, 0.25) is 0 Å². The third-order valence-electron chi connectivity index (χ3n) is 3.66. The number of hydrogen-bond acceptors (Lipinski definition) is 1. The number of hydrogen-bond donors (Lipinski definition) is 1. The maximum atomic E-state index is 3.76. The first-order chi connectivity index (χ1) is 10.4. The molecule has 0 unspecified atom stereocenters. The molecule has 0 aliphatic heterocycles. The summed E-state index contributed by atoms with van der Waals surface area (Å²) in [6, 6.07) is 19.3. The van der Waals surface area contributed by atoms with Gasteiger partial charge in [0.1, 0.15) is 0 Å². The first kappa shape index (κ1) is 15.4. The second kappa shape index (κ2) is 9.02. The van der Waals surface area contributed by atoms with Crippen molar-refractivity contribution in [3.05, 3.63) is 78.4 Å². The molecular weight excluding hydrogens is 254 g/mol. The van der Waals surface area contributed by atoms with Crippen molar-refractivity contribution < 1.29 is 0 Å². The Morgan fingerprint density at radius 3 is 2.43 bits per heavy atom. The van der Waals surface area contributed by atoms with Gasteiger partial charge in [0.25, 0.3) is 0 Å². The average Bonchev–Trinajstić information content (AvgIpc) is 2.53. The largest absolute Gasteiger partial charge is 0.385 e. The van der Waals surface area contributed by atoms with Crippen LogP contribution in [0.25, 0.3) is 0 Å². The molecule has 1 N–H and O–H groups in total. The molecule has 0 heterocycles. The van der Waals surface area contributed by atoms with Crippen LogP contribution in [0.15, 0.2) is 67.3 Å². The van der Waals surface area contributed by atoms with E-state index in [-0.39, 0.29) is 0 Å². The highest BCUT2D eigenvalue weighted by atomic mass is 14.9. The van der Waals surface area contributed by atoms with E-state index in [0.29, 0.717) is 0 Å². The van der Waals surface area contributed by atoms with Crippen LogP contribution < -0.4 is 5.32 Å². The molecule has 0 atom stereocenters. The molecule has 110 valence electrons. The molecule has 2 aromatic rings. The van der Waals surface area contributed by atoms with Crippen LogP contribution in [0.5, 0.6) is 0 Å². The summed E-state index contributed by atoms with van der Waals surface area (Å²) < 4.78 is 0. The summed E-state index contributed by atoms with van der Waals surface area (Å²) in [6.07, 6.45) is 7.85. The summed E-state index contributed by atoms with van der Waals surface area (Å²) >= 11 is 0. The average molecular weight is 279 g/mol. The van der Waals surface area contributed by atoms with Gasteiger partial charge in [-0.1, -0.05) is 61.0 Å². The van der Waals surface area contributed by atoms with Crippen LogP contribution >= 0.6 is 0 Å². The minimum atomic E-state index is 0.987. The van der Waals surface area contributed by atoms with Crippen LogP contribution in [0.4, 0.5) is 5.69 Å². The molecule has 0 spiro atoms. The highest BCUT2D eigenvalue weighted by Gasteiger charge is 2.02. The lowest BCUT2D eigenvalue weighted by Crippen LogP contribution is -2.04. The second-order valence-electron chi connectivity index (χ2n) is 5.38. The van der Waals surface area contributed by atoms with Crippen LogP contribution in [0, 0.1) is 0 Å². The Hall–Kier alpha value is -2.02. The van der Waals surface area contributed by atoms with Crippen molar-refractivity contribution in [3.63, 3.8) is 0 Å². The van der Waals surface area contributed by atoms with Crippen LogP contribution in [0.3, 0.4) is 0 Å². The molecule has 0 aliphatic carbocycles. The van der Waals surface area contributed by atoms with Crippen molar-refractivity contribution in [1.29, 1.82) is 0 Å². The zero-order chi connectivity index (χ0) is 14.8. The fourth-order valence-electron chi connectivity index (χ4n) is 2.48. The number of unbranched alkanes of at least 4 members (excludes halogenated alkanes) is 3. The molecule has 0 radical (unpaired) electrons. The highest BCUT2D eigenvalue weighted by Crippen LogP contribution is 2.19. The number of anilines is 1. The zero-order valence-electron chi connectivity index (χ0n) is 12.7. The van der Waals surface area contributed by atoms with Gasteiger partial charge in [0.15, 0.2) is 0 Å². The molecule has 0 fully saturated rings. The van der Waals surface area contributed by atoms with Crippen molar-refractivity contribution >= 4 is 5.69 Å². The van der Waals surface area contributed by atoms with Gasteiger partial charge in [0.2, 0.25) is 0 Å². The predicted molar refractivity (Wildman–Crippen MR) is 92.8 cm³/mol. The number of benzene rings is 2. The Morgan fingerprint density at radius 2 is 1.62 bits per heavy atom. The summed E-state index contributed by atoms with van der Waals surface area (Å²) in [4.78, 5) is 0. The van der Waals surface area contributed by atoms with Gasteiger partial charge in [0, 0.05) is 12.2 Å². The summed E-state index contributed by atoms with van der Waals surface area (Å²) in [7, 11) is 0. The normalized spacial score (nSPS) is 10.3. The second-order valence-corrected chi connectivity index (χ2v) is 5.38. The fraction of sp³-hybridized carbons (Fsp3) is 0.300. The van der Waals surface area contributed by atoms with Gasteiger partial charge in [-0.05, 0) is 42.9 Å². The lowest BCUT2D eigenvalue weighted by atomic mass is 10.0. The summed E-state index contributed by atoms with van der Waals surface area (Å²) in [5.41, 5.74) is 4.00. The van der Waals surface area contributed by atoms with E-state index in [0.717, 1.165) is 19.4 Å². The molecule has 0 saturated heterocycles. The minimum Gasteiger partial charge on any atom is -0.385 e. The zero-order valence-corrected chi connectivity index (χ0v) is 12.7. The van der Waals surface area contributed by atoms with Gasteiger partial charge in [-0.25, -0.2) is 0 Å². The number of allylic oxidation sites excluding steroid dienone is 1. The highest BCUT2D eigenvalue weighted by molar-refractivity contribution is 5.52. The molecule has 1 heteroatoms. The number of nitrogens with one attached hydrogen (secondary N) is 1. The van der Waals surface area contributed by atoms with Gasteiger partial charge in [-0.3, -0.25) is 0 Å². The van der Waals surface area contributed by atoms with Gasteiger partial charge in [0.05, 0.1) is 0 Å². The first-order valence-corrected chi connectivity index (χ1v) is 7.87. The molecule has 21 heavy (non-hydrogen) atoms. The van der Waals surface area contributed by atoms with E-state index in [2.05, 4.69) is 66.5 Å².